The highest BCUT2D eigenvalue weighted by molar-refractivity contribution is 7.18. The van der Waals surface area contributed by atoms with Gasteiger partial charge in [-0.25, -0.2) is 10.4 Å². The van der Waals surface area contributed by atoms with E-state index in [-0.39, 0.29) is 17.9 Å². The first-order valence-electron chi connectivity index (χ1n) is 10.2. The van der Waals surface area contributed by atoms with Crippen molar-refractivity contribution < 1.29 is 14.6 Å². The number of aromatic hydroxyl groups is 1. The summed E-state index contributed by atoms with van der Waals surface area (Å²) in [7, 11) is 0. The standard InChI is InChI=1S/C22H24N4O4S/c1-3-30-17-9-14(5-7-16(17)27)10-24-25-19(28)11-26-12-23-21-20(22(26)29)15-6-4-13(2)8-18(15)31-21/h5,7,9-10,12-13,27H,3-4,6,8,11H2,1-2H3,(H,25,28)/b24-10-/t13-/m0/s1. The molecule has 31 heavy (non-hydrogen) atoms. The Morgan fingerprint density at radius 2 is 2.32 bits per heavy atom. The SMILES string of the molecule is CCOc1cc(/C=N\NC(=O)Cn2cnc3sc4c(c3c2=O)CC[C@H](C)C4)ccc1O. The lowest BCUT2D eigenvalue weighted by Crippen LogP contribution is -2.30. The van der Waals surface area contributed by atoms with Gasteiger partial charge in [0.05, 0.1) is 24.5 Å². The molecule has 1 aliphatic rings. The number of aryl methyl sites for hydroxylation is 1. The fraction of sp³-hybridized carbons (Fsp3) is 0.364. The fourth-order valence-electron chi connectivity index (χ4n) is 3.73. The van der Waals surface area contributed by atoms with Gasteiger partial charge in [-0.3, -0.25) is 14.2 Å². The van der Waals surface area contributed by atoms with Crippen LogP contribution in [0.5, 0.6) is 11.5 Å². The predicted molar refractivity (Wildman–Crippen MR) is 120 cm³/mol. The van der Waals surface area contributed by atoms with Gasteiger partial charge in [-0.05, 0) is 61.4 Å². The van der Waals surface area contributed by atoms with Gasteiger partial charge in [0.1, 0.15) is 11.4 Å². The molecule has 4 rings (SSSR count). The normalized spacial score (nSPS) is 15.9. The number of amides is 1. The molecule has 0 bridgehead atoms. The topological polar surface area (TPSA) is 106 Å². The van der Waals surface area contributed by atoms with Crippen molar-refractivity contribution in [1.82, 2.24) is 15.0 Å². The zero-order chi connectivity index (χ0) is 22.0. The van der Waals surface area contributed by atoms with E-state index < -0.39 is 5.91 Å². The molecule has 1 amide bonds. The maximum atomic E-state index is 13.0. The minimum Gasteiger partial charge on any atom is -0.504 e. The minimum atomic E-state index is -0.430. The molecule has 1 aromatic carbocycles. The summed E-state index contributed by atoms with van der Waals surface area (Å²) in [5, 5.41) is 14.3. The van der Waals surface area contributed by atoms with Crippen LogP contribution in [0.15, 0.2) is 34.4 Å². The zero-order valence-electron chi connectivity index (χ0n) is 17.4. The predicted octanol–water partition coefficient (Wildman–Crippen LogP) is 2.84. The molecular formula is C22H24N4O4S. The number of phenolic OH excluding ortho intramolecular Hbond substituents is 1. The van der Waals surface area contributed by atoms with Crippen LogP contribution < -0.4 is 15.7 Å². The largest absolute Gasteiger partial charge is 0.504 e. The van der Waals surface area contributed by atoms with Crippen molar-refractivity contribution in [2.45, 2.75) is 39.7 Å². The van der Waals surface area contributed by atoms with Crippen molar-refractivity contribution in [2.24, 2.45) is 11.0 Å². The van der Waals surface area contributed by atoms with Gasteiger partial charge in [0.2, 0.25) is 0 Å². The van der Waals surface area contributed by atoms with Gasteiger partial charge >= 0.3 is 0 Å². The second-order valence-corrected chi connectivity index (χ2v) is 8.75. The van der Waals surface area contributed by atoms with Crippen LogP contribution in [0.25, 0.3) is 10.2 Å². The molecule has 0 radical (unpaired) electrons. The second kappa shape index (κ2) is 8.89. The van der Waals surface area contributed by atoms with Crippen LogP contribution in [0.1, 0.15) is 36.3 Å². The van der Waals surface area contributed by atoms with E-state index in [9.17, 15) is 14.7 Å². The lowest BCUT2D eigenvalue weighted by Gasteiger charge is -2.17. The maximum absolute atomic E-state index is 13.0. The summed E-state index contributed by atoms with van der Waals surface area (Å²) in [5.74, 6) is 0.568. The summed E-state index contributed by atoms with van der Waals surface area (Å²) in [6, 6.07) is 4.77. The molecule has 1 aliphatic carbocycles. The summed E-state index contributed by atoms with van der Waals surface area (Å²) in [6.45, 7) is 4.30. The van der Waals surface area contributed by atoms with Crippen molar-refractivity contribution >= 4 is 33.7 Å². The number of carbonyl (C=O) groups is 1. The smallest absolute Gasteiger partial charge is 0.262 e. The molecule has 1 atom stereocenters. The highest BCUT2D eigenvalue weighted by Gasteiger charge is 2.23. The molecular weight excluding hydrogens is 416 g/mol. The Balaban J connectivity index is 1.46. The summed E-state index contributed by atoms with van der Waals surface area (Å²) < 4.78 is 6.65. The number of hydrazone groups is 1. The second-order valence-electron chi connectivity index (χ2n) is 7.66. The number of benzene rings is 1. The van der Waals surface area contributed by atoms with Gasteiger partial charge in [0.15, 0.2) is 11.5 Å². The zero-order valence-corrected chi connectivity index (χ0v) is 18.2. The number of hydrogen-bond donors (Lipinski definition) is 2. The third kappa shape index (κ3) is 4.46. The van der Waals surface area contributed by atoms with E-state index in [1.165, 1.54) is 28.1 Å². The van der Waals surface area contributed by atoms with Gasteiger partial charge in [0, 0.05) is 4.88 Å². The van der Waals surface area contributed by atoms with Gasteiger partial charge in [0.25, 0.3) is 11.5 Å². The third-order valence-electron chi connectivity index (χ3n) is 5.28. The van der Waals surface area contributed by atoms with Crippen LogP contribution >= 0.6 is 11.3 Å². The van der Waals surface area contributed by atoms with E-state index in [1.54, 1.807) is 23.5 Å². The lowest BCUT2D eigenvalue weighted by molar-refractivity contribution is -0.121. The Hall–Kier alpha value is -3.20. The van der Waals surface area contributed by atoms with Crippen LogP contribution in [0.4, 0.5) is 0 Å². The molecule has 0 fully saturated rings. The Morgan fingerprint density at radius 3 is 3.13 bits per heavy atom. The van der Waals surface area contributed by atoms with Gasteiger partial charge in [-0.2, -0.15) is 5.10 Å². The van der Waals surface area contributed by atoms with Crippen molar-refractivity contribution in [1.29, 1.82) is 0 Å². The summed E-state index contributed by atoms with van der Waals surface area (Å²) in [6.07, 6.45) is 5.79. The number of carbonyl (C=O) groups excluding carboxylic acids is 1. The summed E-state index contributed by atoms with van der Waals surface area (Å²) >= 11 is 1.59. The van der Waals surface area contributed by atoms with Crippen LogP contribution in [-0.2, 0) is 24.2 Å². The number of ether oxygens (including phenoxy) is 1. The van der Waals surface area contributed by atoms with E-state index in [2.05, 4.69) is 22.4 Å². The number of rotatable bonds is 6. The molecule has 2 heterocycles. The van der Waals surface area contributed by atoms with E-state index in [0.29, 0.717) is 29.2 Å². The number of thiophene rings is 1. The van der Waals surface area contributed by atoms with E-state index in [0.717, 1.165) is 29.7 Å². The highest BCUT2D eigenvalue weighted by Crippen LogP contribution is 2.35. The monoisotopic (exact) mass is 440 g/mol. The molecule has 0 aliphatic heterocycles. The molecule has 0 saturated carbocycles. The average Bonchev–Trinajstić information content (AvgIpc) is 3.11. The molecule has 8 nitrogen and oxygen atoms in total. The van der Waals surface area contributed by atoms with E-state index >= 15 is 0 Å². The number of phenols is 1. The van der Waals surface area contributed by atoms with E-state index in [4.69, 9.17) is 4.74 Å². The third-order valence-corrected chi connectivity index (χ3v) is 6.45. The van der Waals surface area contributed by atoms with Crippen molar-refractivity contribution in [3.63, 3.8) is 0 Å². The van der Waals surface area contributed by atoms with Crippen molar-refractivity contribution in [3.05, 3.63) is 50.9 Å². The number of nitrogens with zero attached hydrogens (tertiary/aromatic N) is 3. The first-order valence-corrected chi connectivity index (χ1v) is 11.0. The highest BCUT2D eigenvalue weighted by atomic mass is 32.1. The molecule has 2 aromatic heterocycles. The Labute approximate surface area is 183 Å². The molecule has 0 spiro atoms. The molecule has 0 saturated heterocycles. The fourth-order valence-corrected chi connectivity index (χ4v) is 5.07. The lowest BCUT2D eigenvalue weighted by atomic mass is 9.89. The molecule has 9 heteroatoms. The van der Waals surface area contributed by atoms with Crippen molar-refractivity contribution in [2.75, 3.05) is 6.61 Å². The van der Waals surface area contributed by atoms with Crippen LogP contribution in [0.3, 0.4) is 0 Å². The van der Waals surface area contributed by atoms with Gasteiger partial charge in [-0.15, -0.1) is 11.3 Å². The first kappa shape index (κ1) is 21.0. The Kier molecular flexibility index (Phi) is 6.03. The molecule has 3 aromatic rings. The maximum Gasteiger partial charge on any atom is 0.262 e. The number of nitrogens with one attached hydrogen (secondary N) is 1. The number of fused-ring (bicyclic) bond motifs is 3. The molecule has 0 unspecified atom stereocenters. The summed E-state index contributed by atoms with van der Waals surface area (Å²) in [5.41, 5.74) is 3.99. The Morgan fingerprint density at radius 1 is 1.48 bits per heavy atom. The minimum absolute atomic E-state index is 0.0374. The molecule has 2 N–H and O–H groups in total. The molecule has 162 valence electrons. The quantitative estimate of drug-likeness (QED) is 0.453. The van der Waals surface area contributed by atoms with Gasteiger partial charge in [-0.1, -0.05) is 6.92 Å². The van der Waals surface area contributed by atoms with Crippen LogP contribution in [-0.4, -0.2) is 33.4 Å². The van der Waals surface area contributed by atoms with Crippen LogP contribution in [0, 0.1) is 5.92 Å². The summed E-state index contributed by atoms with van der Waals surface area (Å²) in [4.78, 5) is 31.7. The number of hydrogen-bond acceptors (Lipinski definition) is 7. The van der Waals surface area contributed by atoms with Crippen molar-refractivity contribution in [3.8, 4) is 11.5 Å². The number of aromatic nitrogens is 2. The Bertz CT molecular complexity index is 1210. The first-order chi connectivity index (χ1) is 15.0. The van der Waals surface area contributed by atoms with E-state index in [1.807, 2.05) is 6.92 Å². The average molecular weight is 441 g/mol. The van der Waals surface area contributed by atoms with Crippen LogP contribution in [0.2, 0.25) is 0 Å². The van der Waals surface area contributed by atoms with Gasteiger partial charge < -0.3 is 9.84 Å².